The van der Waals surface area contributed by atoms with E-state index in [4.69, 9.17) is 0 Å². The summed E-state index contributed by atoms with van der Waals surface area (Å²) in [6.45, 7) is 2.51. The largest absolute Gasteiger partial charge is 0.381 e. The van der Waals surface area contributed by atoms with Crippen molar-refractivity contribution >= 4 is 27.3 Å². The fourth-order valence-corrected chi connectivity index (χ4v) is 2.40. The molecule has 0 saturated heterocycles. The van der Waals surface area contributed by atoms with Crippen LogP contribution in [0, 0.1) is 12.7 Å². The van der Waals surface area contributed by atoms with Crippen LogP contribution in [-0.2, 0) is 6.54 Å². The molecule has 1 N–H and O–H groups in total. The van der Waals surface area contributed by atoms with Crippen LogP contribution in [0.3, 0.4) is 0 Å². The normalized spacial score (nSPS) is 10.4. The van der Waals surface area contributed by atoms with E-state index in [1.54, 1.807) is 12.1 Å². The summed E-state index contributed by atoms with van der Waals surface area (Å²) in [6.07, 6.45) is 0. The molecule has 0 aliphatic heterocycles. The summed E-state index contributed by atoms with van der Waals surface area (Å²) < 4.78 is 14.6. The number of benzene rings is 2. The second kappa shape index (κ2) is 6.27. The summed E-state index contributed by atoms with van der Waals surface area (Å²) in [7, 11) is 4.03. The Kier molecular flexibility index (Phi) is 4.65. The first kappa shape index (κ1) is 14.9. The highest BCUT2D eigenvalue weighted by Gasteiger charge is 2.05. The molecule has 0 fully saturated rings. The molecule has 2 nitrogen and oxygen atoms in total. The standard InChI is InChI=1S/C16H18BrFN2/c1-11-8-14(20(2)3)5-7-16(11)19-10-12-9-13(17)4-6-15(12)18/h4-9,19H,10H2,1-3H3. The predicted octanol–water partition coefficient (Wildman–Crippen LogP) is 4.57. The van der Waals surface area contributed by atoms with Crippen molar-refractivity contribution in [2.24, 2.45) is 0 Å². The summed E-state index contributed by atoms with van der Waals surface area (Å²) in [5.74, 6) is -0.191. The van der Waals surface area contributed by atoms with Gasteiger partial charge in [0.1, 0.15) is 5.82 Å². The van der Waals surface area contributed by atoms with Gasteiger partial charge in [-0.3, -0.25) is 0 Å². The molecule has 0 radical (unpaired) electrons. The van der Waals surface area contributed by atoms with Crippen LogP contribution < -0.4 is 10.2 Å². The van der Waals surface area contributed by atoms with E-state index in [1.165, 1.54) is 6.07 Å². The van der Waals surface area contributed by atoms with Crippen molar-refractivity contribution in [3.63, 3.8) is 0 Å². The molecule has 2 aromatic rings. The SMILES string of the molecule is Cc1cc(N(C)C)ccc1NCc1cc(Br)ccc1F. The topological polar surface area (TPSA) is 15.3 Å². The number of hydrogen-bond acceptors (Lipinski definition) is 2. The minimum absolute atomic E-state index is 0.191. The Balaban J connectivity index is 2.13. The van der Waals surface area contributed by atoms with Gasteiger partial charge >= 0.3 is 0 Å². The Morgan fingerprint density at radius 3 is 2.55 bits per heavy atom. The molecule has 0 aliphatic carbocycles. The van der Waals surface area contributed by atoms with Crippen molar-refractivity contribution < 1.29 is 4.39 Å². The average molecular weight is 337 g/mol. The molecule has 0 amide bonds. The van der Waals surface area contributed by atoms with E-state index < -0.39 is 0 Å². The van der Waals surface area contributed by atoms with Crippen molar-refractivity contribution in [2.45, 2.75) is 13.5 Å². The lowest BCUT2D eigenvalue weighted by Gasteiger charge is -2.16. The highest BCUT2D eigenvalue weighted by atomic mass is 79.9. The number of nitrogens with zero attached hydrogens (tertiary/aromatic N) is 1. The van der Waals surface area contributed by atoms with Crippen molar-refractivity contribution in [3.05, 3.63) is 57.8 Å². The smallest absolute Gasteiger partial charge is 0.128 e. The second-order valence-electron chi connectivity index (χ2n) is 4.98. The molecule has 0 aromatic heterocycles. The summed E-state index contributed by atoms with van der Waals surface area (Å²) >= 11 is 3.36. The van der Waals surface area contributed by atoms with Gasteiger partial charge in [0.05, 0.1) is 0 Å². The maximum absolute atomic E-state index is 13.7. The Labute approximate surface area is 127 Å². The van der Waals surface area contributed by atoms with Crippen LogP contribution in [0.15, 0.2) is 40.9 Å². The van der Waals surface area contributed by atoms with Gasteiger partial charge in [0.2, 0.25) is 0 Å². The van der Waals surface area contributed by atoms with E-state index >= 15 is 0 Å². The lowest BCUT2D eigenvalue weighted by atomic mass is 10.1. The molecule has 0 heterocycles. The van der Waals surface area contributed by atoms with Gasteiger partial charge in [-0.1, -0.05) is 15.9 Å². The number of aryl methyl sites for hydroxylation is 1. The minimum Gasteiger partial charge on any atom is -0.381 e. The zero-order valence-corrected chi connectivity index (χ0v) is 13.5. The Morgan fingerprint density at radius 2 is 1.90 bits per heavy atom. The van der Waals surface area contributed by atoms with E-state index in [2.05, 4.69) is 32.2 Å². The molecule has 2 rings (SSSR count). The lowest BCUT2D eigenvalue weighted by Crippen LogP contribution is -2.09. The van der Waals surface area contributed by atoms with Crippen LogP contribution in [0.2, 0.25) is 0 Å². The van der Waals surface area contributed by atoms with Crippen molar-refractivity contribution in [1.29, 1.82) is 0 Å². The maximum atomic E-state index is 13.7. The summed E-state index contributed by atoms with van der Waals surface area (Å²) in [5.41, 5.74) is 3.97. The summed E-state index contributed by atoms with van der Waals surface area (Å²) in [5, 5.41) is 3.28. The average Bonchev–Trinajstić information content (AvgIpc) is 2.40. The fraction of sp³-hybridized carbons (Fsp3) is 0.250. The Hall–Kier alpha value is -1.55. The molecule has 0 unspecified atom stereocenters. The van der Waals surface area contributed by atoms with Crippen LogP contribution in [-0.4, -0.2) is 14.1 Å². The molecule has 0 saturated carbocycles. The van der Waals surface area contributed by atoms with Gasteiger partial charge in [0.25, 0.3) is 0 Å². The monoisotopic (exact) mass is 336 g/mol. The molecule has 20 heavy (non-hydrogen) atoms. The first-order valence-corrected chi connectivity index (χ1v) is 7.22. The predicted molar refractivity (Wildman–Crippen MR) is 86.9 cm³/mol. The molecule has 0 bridgehead atoms. The number of halogens is 2. The molecule has 106 valence electrons. The van der Waals surface area contributed by atoms with Gasteiger partial charge in [-0.25, -0.2) is 4.39 Å². The molecule has 0 aliphatic rings. The molecule has 2 aromatic carbocycles. The number of rotatable bonds is 4. The second-order valence-corrected chi connectivity index (χ2v) is 5.90. The summed E-state index contributed by atoms with van der Waals surface area (Å²) in [4.78, 5) is 2.06. The first-order chi connectivity index (χ1) is 9.47. The molecular formula is C16H18BrFN2. The first-order valence-electron chi connectivity index (χ1n) is 6.43. The number of hydrogen-bond donors (Lipinski definition) is 1. The van der Waals surface area contributed by atoms with E-state index in [-0.39, 0.29) is 5.82 Å². The third-order valence-electron chi connectivity index (χ3n) is 3.20. The Morgan fingerprint density at radius 1 is 1.15 bits per heavy atom. The van der Waals surface area contributed by atoms with Gasteiger partial charge in [-0.15, -0.1) is 0 Å². The van der Waals surface area contributed by atoms with Crippen LogP contribution in [0.4, 0.5) is 15.8 Å². The van der Waals surface area contributed by atoms with Gasteiger partial charge in [-0.2, -0.15) is 0 Å². The third kappa shape index (κ3) is 3.51. The zero-order valence-electron chi connectivity index (χ0n) is 11.9. The quantitative estimate of drug-likeness (QED) is 0.879. The van der Waals surface area contributed by atoms with E-state index in [0.29, 0.717) is 12.1 Å². The van der Waals surface area contributed by atoms with Crippen molar-refractivity contribution in [2.75, 3.05) is 24.3 Å². The fourth-order valence-electron chi connectivity index (χ4n) is 1.99. The Bertz CT molecular complexity index is 611. The van der Waals surface area contributed by atoms with Gasteiger partial charge in [0.15, 0.2) is 0 Å². The van der Waals surface area contributed by atoms with Crippen LogP contribution >= 0.6 is 15.9 Å². The summed E-state index contributed by atoms with van der Waals surface area (Å²) in [6, 6.07) is 11.2. The molecule has 0 spiro atoms. The van der Waals surface area contributed by atoms with E-state index in [1.807, 2.05) is 33.2 Å². The number of nitrogens with one attached hydrogen (secondary N) is 1. The van der Waals surface area contributed by atoms with E-state index in [0.717, 1.165) is 21.4 Å². The zero-order chi connectivity index (χ0) is 14.7. The van der Waals surface area contributed by atoms with Gasteiger partial charge in [-0.05, 0) is 48.9 Å². The van der Waals surface area contributed by atoms with Crippen LogP contribution in [0.25, 0.3) is 0 Å². The minimum atomic E-state index is -0.191. The van der Waals surface area contributed by atoms with Crippen molar-refractivity contribution in [1.82, 2.24) is 0 Å². The molecule has 4 heteroatoms. The van der Waals surface area contributed by atoms with Gasteiger partial charge in [0, 0.05) is 42.1 Å². The van der Waals surface area contributed by atoms with Crippen molar-refractivity contribution in [3.8, 4) is 0 Å². The molecular weight excluding hydrogens is 319 g/mol. The maximum Gasteiger partial charge on any atom is 0.128 e. The van der Waals surface area contributed by atoms with Crippen LogP contribution in [0.5, 0.6) is 0 Å². The highest BCUT2D eigenvalue weighted by molar-refractivity contribution is 9.10. The molecule has 0 atom stereocenters. The lowest BCUT2D eigenvalue weighted by molar-refractivity contribution is 0.612. The van der Waals surface area contributed by atoms with E-state index in [9.17, 15) is 4.39 Å². The highest BCUT2D eigenvalue weighted by Crippen LogP contribution is 2.23. The third-order valence-corrected chi connectivity index (χ3v) is 3.70. The number of anilines is 2. The van der Waals surface area contributed by atoms with Crippen LogP contribution in [0.1, 0.15) is 11.1 Å². The van der Waals surface area contributed by atoms with Gasteiger partial charge < -0.3 is 10.2 Å².